The van der Waals surface area contributed by atoms with Crippen LogP contribution < -0.4 is 5.32 Å². The summed E-state index contributed by atoms with van der Waals surface area (Å²) in [5, 5.41) is 16.3. The lowest BCUT2D eigenvalue weighted by atomic mass is 9.96. The van der Waals surface area contributed by atoms with Gasteiger partial charge in [0, 0.05) is 41.9 Å². The van der Waals surface area contributed by atoms with Crippen LogP contribution in [0.1, 0.15) is 62.0 Å². The molecule has 0 unspecified atom stereocenters. The minimum absolute atomic E-state index is 0.0530. The summed E-state index contributed by atoms with van der Waals surface area (Å²) in [4.78, 5) is 36.8. The molecular weight excluding hydrogens is 448 g/mol. The molecule has 0 radical (unpaired) electrons. The van der Waals surface area contributed by atoms with Crippen molar-refractivity contribution in [1.82, 2.24) is 14.9 Å². The monoisotopic (exact) mass is 478 g/mol. The topological polar surface area (TPSA) is 95.4 Å². The fourth-order valence-corrected chi connectivity index (χ4v) is 6.35. The van der Waals surface area contributed by atoms with E-state index in [9.17, 15) is 14.7 Å². The van der Waals surface area contributed by atoms with Gasteiger partial charge in [0.05, 0.1) is 10.7 Å². The van der Waals surface area contributed by atoms with E-state index in [1.54, 1.807) is 23.7 Å². The van der Waals surface area contributed by atoms with E-state index < -0.39 is 0 Å². The van der Waals surface area contributed by atoms with E-state index in [0.717, 1.165) is 30.9 Å². The van der Waals surface area contributed by atoms with Crippen molar-refractivity contribution >= 4 is 39.7 Å². The quantitative estimate of drug-likeness (QED) is 0.513. The van der Waals surface area contributed by atoms with Crippen LogP contribution in [0.5, 0.6) is 5.75 Å². The van der Waals surface area contributed by atoms with Crippen LogP contribution in [0.25, 0.3) is 10.9 Å². The minimum Gasteiger partial charge on any atom is -0.506 e. The number of carbonyl (C=O) groups is 2. The lowest BCUT2D eigenvalue weighted by molar-refractivity contribution is -0.134. The van der Waals surface area contributed by atoms with Crippen molar-refractivity contribution < 1.29 is 14.7 Å². The van der Waals surface area contributed by atoms with E-state index in [1.165, 1.54) is 17.4 Å². The fraction of sp³-hybridized carbons (Fsp3) is 0.462. The van der Waals surface area contributed by atoms with E-state index in [-0.39, 0.29) is 40.2 Å². The number of phenols is 1. The summed E-state index contributed by atoms with van der Waals surface area (Å²) in [6, 6.07) is 6.76. The molecule has 1 aliphatic heterocycles. The molecule has 5 rings (SSSR count). The maximum Gasteiger partial charge on any atom is 0.275 e. The molecule has 3 aromatic rings. The van der Waals surface area contributed by atoms with Crippen molar-refractivity contribution in [1.29, 1.82) is 0 Å². The summed E-state index contributed by atoms with van der Waals surface area (Å²) in [7, 11) is 0. The number of nitrogens with zero attached hydrogens (tertiary/aromatic N) is 3. The van der Waals surface area contributed by atoms with Gasteiger partial charge in [-0.25, -0.2) is 4.98 Å². The van der Waals surface area contributed by atoms with Crippen LogP contribution in [0, 0.1) is 16.7 Å². The highest BCUT2D eigenvalue weighted by molar-refractivity contribution is 7.10. The van der Waals surface area contributed by atoms with Gasteiger partial charge in [-0.2, -0.15) is 0 Å². The number of pyridine rings is 1. The standard InChI is InChI=1S/C26H30N4O3S/c1-25(2)21(26(25,3)4)24(33)30-12-9-15(10-13-30)23-29-18(14-34-23)22(32)28-17-7-8-19(31)20-16(17)6-5-11-27-20/h5-8,11,14-15,21,31H,9-10,12-13H2,1-4H3,(H,28,32). The zero-order valence-electron chi connectivity index (χ0n) is 20.0. The van der Waals surface area contributed by atoms with Gasteiger partial charge in [-0.1, -0.05) is 27.7 Å². The number of likely N-dealkylation sites (tertiary alicyclic amines) is 1. The molecule has 3 heterocycles. The number of fused-ring (bicyclic) bond motifs is 1. The van der Waals surface area contributed by atoms with Gasteiger partial charge in [0.15, 0.2) is 0 Å². The average molecular weight is 479 g/mol. The second-order valence-corrected chi connectivity index (χ2v) is 11.4. The Morgan fingerprint density at radius 3 is 2.50 bits per heavy atom. The van der Waals surface area contributed by atoms with Crippen LogP contribution in [0.2, 0.25) is 0 Å². The van der Waals surface area contributed by atoms with Gasteiger partial charge in [-0.05, 0) is 47.9 Å². The minimum atomic E-state index is -0.288. The molecule has 8 heteroatoms. The average Bonchev–Trinajstić information content (AvgIpc) is 3.15. The fourth-order valence-electron chi connectivity index (χ4n) is 5.38. The summed E-state index contributed by atoms with van der Waals surface area (Å²) in [6.45, 7) is 10.2. The summed E-state index contributed by atoms with van der Waals surface area (Å²) in [5.74, 6) is 0.419. The number of piperidine rings is 1. The number of aromatic nitrogens is 2. The summed E-state index contributed by atoms with van der Waals surface area (Å²) in [5.41, 5.74) is 1.51. The third-order valence-corrected chi connectivity index (χ3v) is 9.18. The first-order valence-corrected chi connectivity index (χ1v) is 12.6. The first-order chi connectivity index (χ1) is 16.1. The molecule has 178 valence electrons. The molecule has 2 amide bonds. The molecule has 1 saturated carbocycles. The molecule has 2 aliphatic rings. The van der Waals surface area contributed by atoms with Gasteiger partial charge in [-0.3, -0.25) is 14.6 Å². The highest BCUT2D eigenvalue weighted by atomic mass is 32.1. The van der Waals surface area contributed by atoms with E-state index in [2.05, 4.69) is 43.0 Å². The highest BCUT2D eigenvalue weighted by Crippen LogP contribution is 2.68. The first kappa shape index (κ1) is 22.8. The first-order valence-electron chi connectivity index (χ1n) is 11.7. The van der Waals surface area contributed by atoms with Gasteiger partial charge in [0.25, 0.3) is 5.91 Å². The van der Waals surface area contributed by atoms with E-state index in [1.807, 2.05) is 11.0 Å². The molecule has 1 aromatic carbocycles. The zero-order chi connectivity index (χ0) is 24.3. The van der Waals surface area contributed by atoms with Crippen LogP contribution in [0.3, 0.4) is 0 Å². The summed E-state index contributed by atoms with van der Waals surface area (Å²) >= 11 is 1.50. The molecule has 1 saturated heterocycles. The highest BCUT2D eigenvalue weighted by Gasteiger charge is 2.68. The molecule has 7 nitrogen and oxygen atoms in total. The maximum atomic E-state index is 13.1. The summed E-state index contributed by atoms with van der Waals surface area (Å²) in [6.07, 6.45) is 3.33. The predicted molar refractivity (Wildman–Crippen MR) is 133 cm³/mol. The largest absolute Gasteiger partial charge is 0.506 e. The molecule has 2 N–H and O–H groups in total. The van der Waals surface area contributed by atoms with E-state index >= 15 is 0 Å². The second-order valence-electron chi connectivity index (χ2n) is 10.5. The molecule has 0 spiro atoms. The molecule has 0 atom stereocenters. The number of phenolic OH excluding ortho intramolecular Hbond substituents is 1. The molecule has 34 heavy (non-hydrogen) atoms. The Labute approximate surface area is 203 Å². The van der Waals surface area contributed by atoms with Gasteiger partial charge >= 0.3 is 0 Å². The molecular formula is C26H30N4O3S. The van der Waals surface area contributed by atoms with E-state index in [4.69, 9.17) is 0 Å². The smallest absolute Gasteiger partial charge is 0.275 e. The van der Waals surface area contributed by atoms with Gasteiger partial charge < -0.3 is 15.3 Å². The van der Waals surface area contributed by atoms with Crippen LogP contribution in [-0.4, -0.2) is 44.9 Å². The number of anilines is 1. The molecule has 1 aliphatic carbocycles. The lowest BCUT2D eigenvalue weighted by Gasteiger charge is -2.31. The van der Waals surface area contributed by atoms with Crippen LogP contribution >= 0.6 is 11.3 Å². The van der Waals surface area contributed by atoms with Crippen LogP contribution in [0.4, 0.5) is 5.69 Å². The molecule has 2 fully saturated rings. The number of hydrogen-bond acceptors (Lipinski definition) is 6. The van der Waals surface area contributed by atoms with Crippen LogP contribution in [-0.2, 0) is 4.79 Å². The third kappa shape index (κ3) is 3.64. The van der Waals surface area contributed by atoms with Crippen molar-refractivity contribution in [2.75, 3.05) is 18.4 Å². The van der Waals surface area contributed by atoms with E-state index in [0.29, 0.717) is 22.3 Å². The maximum absolute atomic E-state index is 13.1. The Kier molecular flexibility index (Phi) is 5.39. The summed E-state index contributed by atoms with van der Waals surface area (Å²) < 4.78 is 0. The number of carbonyl (C=O) groups excluding carboxylic acids is 2. The van der Waals surface area contributed by atoms with Crippen molar-refractivity contribution in [2.45, 2.75) is 46.5 Å². The predicted octanol–water partition coefficient (Wildman–Crippen LogP) is 5.04. The number of aromatic hydroxyl groups is 1. The third-order valence-electron chi connectivity index (χ3n) is 8.17. The Morgan fingerprint density at radius 1 is 1.12 bits per heavy atom. The van der Waals surface area contributed by atoms with Crippen molar-refractivity contribution in [3.63, 3.8) is 0 Å². The number of rotatable bonds is 4. The Morgan fingerprint density at radius 2 is 1.82 bits per heavy atom. The Bertz CT molecular complexity index is 1260. The lowest BCUT2D eigenvalue weighted by Crippen LogP contribution is -2.39. The van der Waals surface area contributed by atoms with Gasteiger partial charge in [-0.15, -0.1) is 11.3 Å². The van der Waals surface area contributed by atoms with Gasteiger partial charge in [0.2, 0.25) is 5.91 Å². The Balaban J connectivity index is 1.23. The number of amides is 2. The number of hydrogen-bond donors (Lipinski definition) is 2. The van der Waals surface area contributed by atoms with Crippen molar-refractivity contribution in [3.05, 3.63) is 46.5 Å². The number of nitrogens with one attached hydrogen (secondary N) is 1. The molecule has 0 bridgehead atoms. The Hall–Kier alpha value is -3.00. The number of thiazole rings is 1. The van der Waals surface area contributed by atoms with Gasteiger partial charge in [0.1, 0.15) is 17.0 Å². The zero-order valence-corrected chi connectivity index (χ0v) is 20.8. The van der Waals surface area contributed by atoms with Crippen LogP contribution in [0.15, 0.2) is 35.8 Å². The SMILES string of the molecule is CC1(C)C(C(=O)N2CCC(c3nc(C(=O)Nc4ccc(O)c5ncccc45)cs3)CC2)C1(C)C. The number of benzene rings is 1. The van der Waals surface area contributed by atoms with Crippen molar-refractivity contribution in [3.8, 4) is 5.75 Å². The normalized spacial score (nSPS) is 19.8. The molecule has 2 aromatic heterocycles. The van der Waals surface area contributed by atoms with Crippen molar-refractivity contribution in [2.24, 2.45) is 16.7 Å². The second kappa shape index (κ2) is 8.05.